The highest BCUT2D eigenvalue weighted by Crippen LogP contribution is 2.22. The number of hydrogen-bond acceptors (Lipinski definition) is 6. The number of nitrogens with one attached hydrogen (secondary N) is 2. The summed E-state index contributed by atoms with van der Waals surface area (Å²) in [5.74, 6) is 2.00. The number of H-pyrrole nitrogens is 1. The van der Waals surface area contributed by atoms with Gasteiger partial charge in [0.15, 0.2) is 6.04 Å². The Morgan fingerprint density at radius 1 is 1.33 bits per heavy atom. The number of nitrogens with zero attached hydrogens (tertiary/aromatic N) is 4. The van der Waals surface area contributed by atoms with E-state index < -0.39 is 0 Å². The van der Waals surface area contributed by atoms with Gasteiger partial charge in [-0.25, -0.2) is 4.68 Å². The van der Waals surface area contributed by atoms with Crippen LogP contribution in [-0.2, 0) is 11.3 Å². The standard InChI is InChI=1S/C21H28N6O3/c1-14-5-4-8-26(13-14)19(20-23-24-25-27(20)9-10-29-2)17-11-15-6-7-16(30-3)12-18(15)22-21(17)28/h6-7,11-12,14,19H,4-5,8-10,13H2,1-3H3,(H,22,28)/p+1/t14-,19+/m1/s1. The molecular formula is C21H29N6O3+. The van der Waals surface area contributed by atoms with Gasteiger partial charge in [0.25, 0.3) is 5.56 Å². The van der Waals surface area contributed by atoms with E-state index in [4.69, 9.17) is 9.47 Å². The molecular weight excluding hydrogens is 384 g/mol. The van der Waals surface area contributed by atoms with Crippen LogP contribution in [0.25, 0.3) is 10.9 Å². The van der Waals surface area contributed by atoms with Gasteiger partial charge < -0.3 is 19.4 Å². The van der Waals surface area contributed by atoms with Crippen LogP contribution in [0.1, 0.15) is 37.2 Å². The number of fused-ring (bicyclic) bond motifs is 1. The number of rotatable bonds is 7. The maximum atomic E-state index is 13.2. The normalized spacial score (nSPS) is 20.4. The lowest BCUT2D eigenvalue weighted by Crippen LogP contribution is -3.14. The fourth-order valence-electron chi connectivity index (χ4n) is 4.43. The van der Waals surface area contributed by atoms with Gasteiger partial charge in [-0.1, -0.05) is 6.92 Å². The van der Waals surface area contributed by atoms with Crippen LogP contribution < -0.4 is 15.2 Å². The summed E-state index contributed by atoms with van der Waals surface area (Å²) in [5.41, 5.74) is 1.32. The zero-order valence-corrected chi connectivity index (χ0v) is 17.7. The highest BCUT2D eigenvalue weighted by Gasteiger charge is 2.36. The molecule has 160 valence electrons. The molecule has 0 amide bonds. The number of ether oxygens (including phenoxy) is 2. The third kappa shape index (κ3) is 4.08. The molecule has 2 aromatic heterocycles. The van der Waals surface area contributed by atoms with Crippen molar-refractivity contribution in [3.05, 3.63) is 46.0 Å². The first kappa shape index (κ1) is 20.5. The number of benzene rings is 1. The van der Waals surface area contributed by atoms with Crippen molar-refractivity contribution >= 4 is 10.9 Å². The molecule has 0 radical (unpaired) electrons. The van der Waals surface area contributed by atoms with E-state index in [2.05, 4.69) is 27.4 Å². The second kappa shape index (κ2) is 8.93. The Morgan fingerprint density at radius 2 is 2.20 bits per heavy atom. The van der Waals surface area contributed by atoms with Crippen LogP contribution in [-0.4, -0.2) is 59.1 Å². The Bertz CT molecular complexity index is 1060. The molecule has 1 aromatic carbocycles. The summed E-state index contributed by atoms with van der Waals surface area (Å²) < 4.78 is 12.3. The smallest absolute Gasteiger partial charge is 0.258 e. The van der Waals surface area contributed by atoms with Gasteiger partial charge in [0.05, 0.1) is 44.4 Å². The third-order valence-electron chi connectivity index (χ3n) is 5.93. The van der Waals surface area contributed by atoms with Crippen molar-refractivity contribution in [1.82, 2.24) is 25.2 Å². The van der Waals surface area contributed by atoms with E-state index in [1.54, 1.807) is 18.9 Å². The van der Waals surface area contributed by atoms with Gasteiger partial charge in [-0.2, -0.15) is 0 Å². The number of tetrazole rings is 1. The first-order chi connectivity index (χ1) is 14.6. The molecule has 1 unspecified atom stereocenters. The summed E-state index contributed by atoms with van der Waals surface area (Å²) in [6.07, 6.45) is 2.33. The Kier molecular flexibility index (Phi) is 6.10. The number of likely N-dealkylation sites (tertiary alicyclic amines) is 1. The van der Waals surface area contributed by atoms with Crippen molar-refractivity contribution in [3.63, 3.8) is 0 Å². The molecule has 1 aliphatic rings. The number of piperidine rings is 1. The van der Waals surface area contributed by atoms with Crippen LogP contribution in [0.4, 0.5) is 0 Å². The highest BCUT2D eigenvalue weighted by atomic mass is 16.5. The van der Waals surface area contributed by atoms with Crippen molar-refractivity contribution in [2.75, 3.05) is 33.9 Å². The van der Waals surface area contributed by atoms with Gasteiger partial charge in [0.2, 0.25) is 5.82 Å². The molecule has 1 saturated heterocycles. The Morgan fingerprint density at radius 3 is 2.97 bits per heavy atom. The summed E-state index contributed by atoms with van der Waals surface area (Å²) in [5, 5.41) is 13.4. The van der Waals surface area contributed by atoms with Crippen molar-refractivity contribution in [2.45, 2.75) is 32.4 Å². The van der Waals surface area contributed by atoms with Crippen LogP contribution in [0, 0.1) is 5.92 Å². The fourth-order valence-corrected chi connectivity index (χ4v) is 4.43. The SMILES string of the molecule is COCCn1nnnc1[C@H](c1cc2ccc(OC)cc2[nH]c1=O)[NH+]1CCC[C@@H](C)C1. The zero-order valence-electron chi connectivity index (χ0n) is 17.7. The molecule has 0 bridgehead atoms. The molecule has 2 N–H and O–H groups in total. The molecule has 3 heterocycles. The van der Waals surface area contributed by atoms with E-state index in [-0.39, 0.29) is 11.6 Å². The van der Waals surface area contributed by atoms with E-state index in [1.165, 1.54) is 11.3 Å². The number of methoxy groups -OCH3 is 2. The highest BCUT2D eigenvalue weighted by molar-refractivity contribution is 5.80. The molecule has 3 atom stereocenters. The minimum Gasteiger partial charge on any atom is -0.497 e. The predicted octanol–water partition coefficient (Wildman–Crippen LogP) is 0.574. The van der Waals surface area contributed by atoms with Gasteiger partial charge in [0, 0.05) is 19.1 Å². The summed E-state index contributed by atoms with van der Waals surface area (Å²) in [4.78, 5) is 17.6. The van der Waals surface area contributed by atoms with E-state index in [9.17, 15) is 4.79 Å². The molecule has 4 rings (SSSR count). The molecule has 30 heavy (non-hydrogen) atoms. The summed E-state index contributed by atoms with van der Waals surface area (Å²) in [6.45, 7) is 5.26. The second-order valence-corrected chi connectivity index (χ2v) is 8.05. The van der Waals surface area contributed by atoms with Crippen molar-refractivity contribution in [2.24, 2.45) is 5.92 Å². The minimum absolute atomic E-state index is 0.118. The number of pyridine rings is 1. The number of aromatic amines is 1. The van der Waals surface area contributed by atoms with Gasteiger partial charge in [-0.3, -0.25) is 4.79 Å². The lowest BCUT2D eigenvalue weighted by molar-refractivity contribution is -0.934. The maximum absolute atomic E-state index is 13.2. The third-order valence-corrected chi connectivity index (χ3v) is 5.93. The molecule has 0 saturated carbocycles. The van der Waals surface area contributed by atoms with Gasteiger partial charge in [-0.05, 0) is 46.9 Å². The summed E-state index contributed by atoms with van der Waals surface area (Å²) in [6, 6.07) is 7.44. The van der Waals surface area contributed by atoms with Gasteiger partial charge in [-0.15, -0.1) is 5.10 Å². The molecule has 0 spiro atoms. The predicted molar refractivity (Wildman–Crippen MR) is 112 cm³/mol. The number of quaternary nitrogens is 1. The Hall–Kier alpha value is -2.78. The molecule has 1 fully saturated rings. The van der Waals surface area contributed by atoms with E-state index in [0.717, 1.165) is 30.4 Å². The maximum Gasteiger partial charge on any atom is 0.258 e. The van der Waals surface area contributed by atoms with Crippen molar-refractivity contribution in [3.8, 4) is 5.75 Å². The molecule has 0 aliphatic carbocycles. The van der Waals surface area contributed by atoms with Crippen LogP contribution in [0.3, 0.4) is 0 Å². The average molecular weight is 414 g/mol. The topological polar surface area (TPSA) is 99.4 Å². The average Bonchev–Trinajstić information content (AvgIpc) is 3.20. The van der Waals surface area contributed by atoms with Crippen LogP contribution in [0.2, 0.25) is 0 Å². The molecule has 9 nitrogen and oxygen atoms in total. The van der Waals surface area contributed by atoms with E-state index >= 15 is 0 Å². The zero-order chi connectivity index (χ0) is 21.1. The van der Waals surface area contributed by atoms with E-state index in [0.29, 0.717) is 36.2 Å². The van der Waals surface area contributed by atoms with Crippen LogP contribution >= 0.6 is 0 Å². The summed E-state index contributed by atoms with van der Waals surface area (Å²) in [7, 11) is 3.27. The largest absolute Gasteiger partial charge is 0.497 e. The molecule has 9 heteroatoms. The first-order valence-corrected chi connectivity index (χ1v) is 10.4. The minimum atomic E-state index is -0.241. The second-order valence-electron chi connectivity index (χ2n) is 8.05. The van der Waals surface area contributed by atoms with Crippen LogP contribution in [0.5, 0.6) is 5.75 Å². The molecule has 3 aromatic rings. The van der Waals surface area contributed by atoms with Crippen molar-refractivity contribution in [1.29, 1.82) is 0 Å². The lowest BCUT2D eigenvalue weighted by Gasteiger charge is -2.33. The summed E-state index contributed by atoms with van der Waals surface area (Å²) >= 11 is 0. The number of aromatic nitrogens is 5. The number of hydrogen-bond donors (Lipinski definition) is 2. The van der Waals surface area contributed by atoms with Crippen LogP contribution in [0.15, 0.2) is 29.1 Å². The quantitative estimate of drug-likeness (QED) is 0.588. The first-order valence-electron chi connectivity index (χ1n) is 10.4. The fraction of sp³-hybridized carbons (Fsp3) is 0.524. The Labute approximate surface area is 175 Å². The molecule has 1 aliphatic heterocycles. The van der Waals surface area contributed by atoms with Crippen molar-refractivity contribution < 1.29 is 14.4 Å². The van der Waals surface area contributed by atoms with Gasteiger partial charge in [0.1, 0.15) is 5.75 Å². The van der Waals surface area contributed by atoms with E-state index in [1.807, 2.05) is 24.3 Å². The lowest BCUT2D eigenvalue weighted by atomic mass is 9.95. The van der Waals surface area contributed by atoms with Gasteiger partial charge >= 0.3 is 0 Å². The monoisotopic (exact) mass is 413 g/mol. The Balaban J connectivity index is 1.82.